The first kappa shape index (κ1) is 27.5. The zero-order valence-electron chi connectivity index (χ0n) is 18.2. The fourth-order valence-electron chi connectivity index (χ4n) is 2.18. The molecule has 0 atom stereocenters. The third-order valence-corrected chi connectivity index (χ3v) is 4.11. The van der Waals surface area contributed by atoms with Crippen molar-refractivity contribution < 1.29 is 33.3 Å². The Hall–Kier alpha value is -1.55. The Morgan fingerprint density at radius 1 is 0.759 bits per heavy atom. The number of ketones is 1. The molecule has 0 aliphatic carbocycles. The zero-order valence-corrected chi connectivity index (χ0v) is 18.2. The van der Waals surface area contributed by atoms with E-state index in [1.807, 2.05) is 6.92 Å². The Balaban J connectivity index is 3.33. The summed E-state index contributed by atoms with van der Waals surface area (Å²) in [6, 6.07) is 0. The lowest BCUT2D eigenvalue weighted by molar-refractivity contribution is -0.130. The predicted octanol–water partition coefficient (Wildman–Crippen LogP) is 0.797. The molecule has 2 amide bonds. The molecular weight excluding hydrogens is 380 g/mol. The van der Waals surface area contributed by atoms with Crippen molar-refractivity contribution in [2.75, 3.05) is 73.5 Å². The van der Waals surface area contributed by atoms with Gasteiger partial charge in [-0.25, -0.2) is 0 Å². The van der Waals surface area contributed by atoms with Crippen molar-refractivity contribution in [1.82, 2.24) is 10.2 Å². The number of hydrogen-bond acceptors (Lipinski definition) is 7. The molecule has 29 heavy (non-hydrogen) atoms. The van der Waals surface area contributed by atoms with Crippen LogP contribution < -0.4 is 5.32 Å². The van der Waals surface area contributed by atoms with Crippen LogP contribution in [0.15, 0.2) is 0 Å². The van der Waals surface area contributed by atoms with Gasteiger partial charge < -0.3 is 29.2 Å². The number of amides is 2. The number of nitrogens with zero attached hydrogens (tertiary/aromatic N) is 1. The van der Waals surface area contributed by atoms with E-state index in [0.717, 1.165) is 0 Å². The van der Waals surface area contributed by atoms with E-state index in [0.29, 0.717) is 91.5 Å². The molecule has 0 saturated carbocycles. The molecule has 0 aliphatic rings. The van der Waals surface area contributed by atoms with Gasteiger partial charge in [0.05, 0.1) is 52.9 Å². The lowest BCUT2D eigenvalue weighted by Gasteiger charge is -2.17. The SMILES string of the molecule is CCC(=O)CCCC(=O)N(C)CCOCCOCCOCCOCCC(=O)NC. The van der Waals surface area contributed by atoms with Gasteiger partial charge in [-0.15, -0.1) is 0 Å². The third kappa shape index (κ3) is 18.2. The molecule has 0 unspecified atom stereocenters. The minimum atomic E-state index is -0.0418. The van der Waals surface area contributed by atoms with Gasteiger partial charge in [-0.05, 0) is 6.42 Å². The Bertz CT molecular complexity index is 447. The fraction of sp³-hybridized carbons (Fsp3) is 0.850. The molecular formula is C20H38N2O7. The van der Waals surface area contributed by atoms with Crippen molar-refractivity contribution in [3.8, 4) is 0 Å². The Morgan fingerprint density at radius 3 is 1.79 bits per heavy atom. The van der Waals surface area contributed by atoms with E-state index in [2.05, 4.69) is 5.32 Å². The normalized spacial score (nSPS) is 10.7. The predicted molar refractivity (Wildman–Crippen MR) is 109 cm³/mol. The van der Waals surface area contributed by atoms with Crippen LogP contribution in [0.3, 0.4) is 0 Å². The first-order valence-corrected chi connectivity index (χ1v) is 10.3. The average molecular weight is 419 g/mol. The second-order valence-corrected chi connectivity index (χ2v) is 6.43. The second kappa shape index (κ2) is 19.8. The van der Waals surface area contributed by atoms with E-state index >= 15 is 0 Å². The second-order valence-electron chi connectivity index (χ2n) is 6.43. The summed E-state index contributed by atoms with van der Waals surface area (Å²) < 4.78 is 21.5. The maximum absolute atomic E-state index is 11.9. The number of carbonyl (C=O) groups is 3. The molecule has 0 spiro atoms. The van der Waals surface area contributed by atoms with E-state index in [4.69, 9.17) is 18.9 Å². The van der Waals surface area contributed by atoms with Crippen molar-refractivity contribution in [2.24, 2.45) is 0 Å². The van der Waals surface area contributed by atoms with Gasteiger partial charge in [0.2, 0.25) is 11.8 Å². The number of likely N-dealkylation sites (N-methyl/N-ethyl adjacent to an activating group) is 1. The van der Waals surface area contributed by atoms with Crippen LogP contribution in [0.2, 0.25) is 0 Å². The quantitative estimate of drug-likeness (QED) is 0.292. The summed E-state index contributed by atoms with van der Waals surface area (Å²) in [6.45, 7) is 5.94. The van der Waals surface area contributed by atoms with Crippen molar-refractivity contribution in [3.05, 3.63) is 0 Å². The van der Waals surface area contributed by atoms with Crippen molar-refractivity contribution in [1.29, 1.82) is 0 Å². The Labute approximate surface area is 174 Å². The number of hydrogen-bond donors (Lipinski definition) is 1. The fourth-order valence-corrected chi connectivity index (χ4v) is 2.18. The van der Waals surface area contributed by atoms with Gasteiger partial charge >= 0.3 is 0 Å². The molecule has 9 nitrogen and oxygen atoms in total. The Morgan fingerprint density at radius 2 is 1.28 bits per heavy atom. The van der Waals surface area contributed by atoms with Crippen LogP contribution in [0.4, 0.5) is 0 Å². The number of carbonyl (C=O) groups excluding carboxylic acids is 3. The van der Waals surface area contributed by atoms with Gasteiger partial charge in [0.15, 0.2) is 0 Å². The highest BCUT2D eigenvalue weighted by Crippen LogP contribution is 2.02. The summed E-state index contributed by atoms with van der Waals surface area (Å²) in [4.78, 5) is 35.7. The lowest BCUT2D eigenvalue weighted by Crippen LogP contribution is -2.30. The first-order valence-electron chi connectivity index (χ1n) is 10.3. The van der Waals surface area contributed by atoms with Crippen molar-refractivity contribution in [2.45, 2.75) is 39.0 Å². The lowest BCUT2D eigenvalue weighted by atomic mass is 10.1. The number of Topliss-reactive ketones (excluding diaryl/α,β-unsaturated/α-hetero) is 1. The maximum atomic E-state index is 11.9. The zero-order chi connectivity index (χ0) is 21.7. The van der Waals surface area contributed by atoms with Crippen LogP contribution in [0, 0.1) is 0 Å². The molecule has 0 fully saturated rings. The molecule has 0 aliphatic heterocycles. The van der Waals surface area contributed by atoms with Gasteiger partial charge in [-0.2, -0.15) is 0 Å². The molecule has 0 heterocycles. The molecule has 0 aromatic rings. The molecule has 0 bridgehead atoms. The van der Waals surface area contributed by atoms with Gasteiger partial charge in [-0.1, -0.05) is 6.92 Å². The summed E-state index contributed by atoms with van der Waals surface area (Å²) in [7, 11) is 3.33. The highest BCUT2D eigenvalue weighted by atomic mass is 16.6. The van der Waals surface area contributed by atoms with E-state index in [1.54, 1.807) is 19.0 Å². The largest absolute Gasteiger partial charge is 0.379 e. The van der Waals surface area contributed by atoms with E-state index in [9.17, 15) is 14.4 Å². The van der Waals surface area contributed by atoms with Crippen LogP contribution in [0.5, 0.6) is 0 Å². The molecule has 0 aromatic heterocycles. The molecule has 0 rings (SSSR count). The molecule has 9 heteroatoms. The smallest absolute Gasteiger partial charge is 0.222 e. The van der Waals surface area contributed by atoms with E-state index in [-0.39, 0.29) is 17.6 Å². The average Bonchev–Trinajstić information content (AvgIpc) is 2.73. The minimum Gasteiger partial charge on any atom is -0.379 e. The highest BCUT2D eigenvalue weighted by Gasteiger charge is 2.09. The topological polar surface area (TPSA) is 103 Å². The van der Waals surface area contributed by atoms with Crippen molar-refractivity contribution in [3.63, 3.8) is 0 Å². The summed E-state index contributed by atoms with van der Waals surface area (Å²) in [6.07, 6.45) is 2.35. The van der Waals surface area contributed by atoms with Gasteiger partial charge in [0.1, 0.15) is 5.78 Å². The first-order chi connectivity index (χ1) is 14.0. The maximum Gasteiger partial charge on any atom is 0.222 e. The van der Waals surface area contributed by atoms with Crippen LogP contribution in [0.25, 0.3) is 0 Å². The van der Waals surface area contributed by atoms with Gasteiger partial charge in [0.25, 0.3) is 0 Å². The number of rotatable bonds is 20. The summed E-state index contributed by atoms with van der Waals surface area (Å²) in [5, 5.41) is 2.53. The van der Waals surface area contributed by atoms with Crippen LogP contribution >= 0.6 is 0 Å². The molecule has 170 valence electrons. The number of ether oxygens (including phenoxy) is 4. The molecule has 0 radical (unpaired) electrons. The van der Waals surface area contributed by atoms with E-state index < -0.39 is 0 Å². The molecule has 0 saturated heterocycles. The van der Waals surface area contributed by atoms with Gasteiger partial charge in [-0.3, -0.25) is 14.4 Å². The minimum absolute atomic E-state index is 0.0310. The molecule has 1 N–H and O–H groups in total. The van der Waals surface area contributed by atoms with E-state index in [1.165, 1.54) is 0 Å². The van der Waals surface area contributed by atoms with Gasteiger partial charge in [0, 0.05) is 46.3 Å². The standard InChI is InChI=1S/C20H38N2O7/c1-4-18(23)6-5-7-20(25)22(3)9-11-27-13-15-29-17-16-28-14-12-26-10-8-19(24)21-2/h4-17H2,1-3H3,(H,21,24). The van der Waals surface area contributed by atoms with Crippen LogP contribution in [0.1, 0.15) is 39.0 Å². The number of nitrogens with one attached hydrogen (secondary N) is 1. The van der Waals surface area contributed by atoms with Crippen LogP contribution in [-0.4, -0.2) is 96.0 Å². The third-order valence-electron chi connectivity index (χ3n) is 4.11. The summed E-state index contributed by atoms with van der Waals surface area (Å²) >= 11 is 0. The van der Waals surface area contributed by atoms with Crippen LogP contribution in [-0.2, 0) is 33.3 Å². The van der Waals surface area contributed by atoms with Crippen molar-refractivity contribution >= 4 is 17.6 Å². The highest BCUT2D eigenvalue weighted by molar-refractivity contribution is 5.80. The Kier molecular flexibility index (Phi) is 18.7. The summed E-state index contributed by atoms with van der Waals surface area (Å²) in [5.41, 5.74) is 0. The monoisotopic (exact) mass is 418 g/mol. The molecule has 0 aromatic carbocycles. The summed E-state index contributed by atoms with van der Waals surface area (Å²) in [5.74, 6) is 0.184.